The summed E-state index contributed by atoms with van der Waals surface area (Å²) in [6, 6.07) is 21.1. The molecule has 1 unspecified atom stereocenters. The van der Waals surface area contributed by atoms with E-state index in [0.717, 1.165) is 91.7 Å². The number of rotatable bonds is 4. The zero-order chi connectivity index (χ0) is 26.3. The van der Waals surface area contributed by atoms with Gasteiger partial charge in [0.2, 0.25) is 0 Å². The first-order valence-corrected chi connectivity index (χ1v) is 13.6. The topological polar surface area (TPSA) is 81.6 Å². The molecule has 0 aromatic heterocycles. The van der Waals surface area contributed by atoms with Gasteiger partial charge in [0.1, 0.15) is 29.2 Å². The summed E-state index contributed by atoms with van der Waals surface area (Å²) in [6.45, 7) is 0. The fourth-order valence-corrected chi connectivity index (χ4v) is 7.13. The van der Waals surface area contributed by atoms with Gasteiger partial charge in [0.25, 0.3) is 5.54 Å². The van der Waals surface area contributed by atoms with E-state index in [2.05, 4.69) is 24.3 Å². The summed E-state index contributed by atoms with van der Waals surface area (Å²) in [5, 5.41) is 28.8. The third-order valence-corrected chi connectivity index (χ3v) is 8.81. The minimum absolute atomic E-state index is 0.730. The normalized spacial score (nSPS) is 23.8. The van der Waals surface area contributed by atoms with Crippen molar-refractivity contribution in [3.8, 4) is 23.6 Å². The van der Waals surface area contributed by atoms with Gasteiger partial charge >= 0.3 is 0 Å². The lowest BCUT2D eigenvalue weighted by molar-refractivity contribution is 0.124. The van der Waals surface area contributed by atoms with Crippen LogP contribution in [-0.4, -0.2) is 30.5 Å². The molecule has 2 heterocycles. The Morgan fingerprint density at radius 3 is 1.89 bits per heavy atom. The van der Waals surface area contributed by atoms with Gasteiger partial charge in [-0.1, -0.05) is 25.0 Å². The minimum atomic E-state index is -1.45. The molecule has 2 aromatic rings. The average molecular weight is 505 g/mol. The molecule has 192 valence electrons. The van der Waals surface area contributed by atoms with E-state index < -0.39 is 11.1 Å². The van der Waals surface area contributed by atoms with Crippen LogP contribution in [-0.2, 0) is 5.54 Å². The number of hydrogen-bond acceptors (Lipinski definition) is 6. The van der Waals surface area contributed by atoms with Gasteiger partial charge in [0.05, 0.1) is 19.9 Å². The first-order valence-electron chi connectivity index (χ1n) is 13.6. The monoisotopic (exact) mass is 504 g/mol. The molecule has 0 fully saturated rings. The molecule has 0 spiro atoms. The third kappa shape index (κ3) is 3.26. The Kier molecular flexibility index (Phi) is 6.00. The van der Waals surface area contributed by atoms with Crippen LogP contribution < -0.4 is 9.47 Å². The number of hydrazone groups is 1. The molecule has 2 aliphatic carbocycles. The predicted octanol–water partition coefficient (Wildman–Crippen LogP) is 6.55. The van der Waals surface area contributed by atoms with Crippen molar-refractivity contribution in [2.75, 3.05) is 14.2 Å². The zero-order valence-electron chi connectivity index (χ0n) is 22.1. The van der Waals surface area contributed by atoms with Crippen molar-refractivity contribution < 1.29 is 9.47 Å². The number of fused-ring (bicyclic) bond motifs is 3. The molecule has 0 radical (unpaired) electrons. The molecule has 0 N–H and O–H groups in total. The highest BCUT2D eigenvalue weighted by Gasteiger charge is 2.65. The van der Waals surface area contributed by atoms with E-state index in [1.165, 1.54) is 16.7 Å². The lowest BCUT2D eigenvalue weighted by Crippen LogP contribution is -2.54. The van der Waals surface area contributed by atoms with Crippen LogP contribution in [0.1, 0.15) is 68.9 Å². The molecule has 4 aliphatic rings. The third-order valence-electron chi connectivity index (χ3n) is 8.81. The van der Waals surface area contributed by atoms with Gasteiger partial charge in [0.15, 0.2) is 0 Å². The molecule has 6 nitrogen and oxygen atoms in total. The molecule has 0 amide bonds. The second-order valence-corrected chi connectivity index (χ2v) is 10.5. The first-order chi connectivity index (χ1) is 18.6. The quantitative estimate of drug-likeness (QED) is 0.441. The van der Waals surface area contributed by atoms with Crippen LogP contribution in [0.4, 0.5) is 0 Å². The smallest absolute Gasteiger partial charge is 0.252 e. The van der Waals surface area contributed by atoms with Gasteiger partial charge < -0.3 is 9.47 Å². The summed E-state index contributed by atoms with van der Waals surface area (Å²) < 4.78 is 10.9. The summed E-state index contributed by atoms with van der Waals surface area (Å²) in [7, 11) is 3.33. The summed E-state index contributed by atoms with van der Waals surface area (Å²) in [6.07, 6.45) is 8.81. The maximum atomic E-state index is 10.8. The second kappa shape index (κ2) is 9.37. The van der Waals surface area contributed by atoms with Gasteiger partial charge in [-0.2, -0.15) is 15.6 Å². The molecule has 1 atom stereocenters. The Hall–Kier alpha value is -4.03. The molecular weight excluding hydrogens is 472 g/mol. The largest absolute Gasteiger partial charge is 0.497 e. The predicted molar refractivity (Wildman–Crippen MR) is 146 cm³/mol. The van der Waals surface area contributed by atoms with E-state index in [4.69, 9.17) is 14.6 Å². The number of ether oxygens (including phenoxy) is 2. The van der Waals surface area contributed by atoms with Crippen molar-refractivity contribution >= 4 is 5.71 Å². The molecule has 2 aliphatic heterocycles. The van der Waals surface area contributed by atoms with Crippen molar-refractivity contribution in [2.45, 2.75) is 68.9 Å². The second-order valence-electron chi connectivity index (χ2n) is 10.5. The van der Waals surface area contributed by atoms with Crippen molar-refractivity contribution in [2.24, 2.45) is 5.10 Å². The van der Waals surface area contributed by atoms with Gasteiger partial charge in [-0.25, -0.2) is 5.01 Å². The number of nitriles is 2. The summed E-state index contributed by atoms with van der Waals surface area (Å²) >= 11 is 0. The van der Waals surface area contributed by atoms with E-state index in [1.807, 2.05) is 41.4 Å². The number of nitrogens with zero attached hydrogens (tertiary/aromatic N) is 4. The lowest BCUT2D eigenvalue weighted by atomic mass is 9.71. The standard InChI is InChI=1S/C32H32N4O2/c1-37-24-16-12-22(13-17-24)30-26-8-7-11-27(26)32(23-14-18-25(38-2)19-15-23)29-10-6-4-3-5-9-28(29)31(20-33,21-34)36(32)35-30/h12-19H,3-11H2,1-2H3. The van der Waals surface area contributed by atoms with Crippen molar-refractivity contribution in [1.29, 1.82) is 10.5 Å². The van der Waals surface area contributed by atoms with Crippen LogP contribution in [0, 0.1) is 22.7 Å². The molecule has 6 rings (SSSR count). The van der Waals surface area contributed by atoms with Crippen LogP contribution in [0.2, 0.25) is 0 Å². The maximum Gasteiger partial charge on any atom is 0.252 e. The highest BCUT2D eigenvalue weighted by atomic mass is 16.5. The fourth-order valence-electron chi connectivity index (χ4n) is 7.13. The van der Waals surface area contributed by atoms with E-state index >= 15 is 0 Å². The van der Waals surface area contributed by atoms with E-state index in [9.17, 15) is 10.5 Å². The SMILES string of the molecule is COc1ccc(C2=NN3C(C#N)(C#N)C4=C(CCCCCC4)C3(c3ccc(OC)cc3)C3=C2CCC3)cc1. The molecule has 0 bridgehead atoms. The first kappa shape index (κ1) is 24.3. The average Bonchev–Trinajstić information content (AvgIpc) is 3.53. The Bertz CT molecular complexity index is 1420. The van der Waals surface area contributed by atoms with Crippen LogP contribution in [0.3, 0.4) is 0 Å². The summed E-state index contributed by atoms with van der Waals surface area (Å²) in [5.41, 5.74) is 5.46. The van der Waals surface area contributed by atoms with E-state index in [0.29, 0.717) is 0 Å². The Morgan fingerprint density at radius 1 is 0.711 bits per heavy atom. The van der Waals surface area contributed by atoms with Crippen molar-refractivity contribution in [3.05, 3.63) is 82.0 Å². The molecule has 6 heteroatoms. The maximum absolute atomic E-state index is 10.8. The zero-order valence-corrected chi connectivity index (χ0v) is 22.1. The highest BCUT2D eigenvalue weighted by molar-refractivity contribution is 6.14. The molecule has 0 saturated heterocycles. The number of methoxy groups -OCH3 is 2. The van der Waals surface area contributed by atoms with Gasteiger partial charge in [-0.05, 0) is 109 Å². The van der Waals surface area contributed by atoms with Crippen LogP contribution >= 0.6 is 0 Å². The van der Waals surface area contributed by atoms with Crippen molar-refractivity contribution in [1.82, 2.24) is 5.01 Å². The van der Waals surface area contributed by atoms with E-state index in [-0.39, 0.29) is 0 Å². The molecule has 38 heavy (non-hydrogen) atoms. The minimum Gasteiger partial charge on any atom is -0.497 e. The molecule has 0 saturated carbocycles. The van der Waals surface area contributed by atoms with Crippen LogP contribution in [0.25, 0.3) is 0 Å². The Morgan fingerprint density at radius 2 is 1.29 bits per heavy atom. The number of hydrogen-bond donors (Lipinski definition) is 0. The molecule has 2 aromatic carbocycles. The van der Waals surface area contributed by atoms with Crippen molar-refractivity contribution in [3.63, 3.8) is 0 Å². The number of benzene rings is 2. The Balaban J connectivity index is 1.67. The summed E-state index contributed by atoms with van der Waals surface area (Å²) in [4.78, 5) is 0. The van der Waals surface area contributed by atoms with Crippen LogP contribution in [0.15, 0.2) is 75.9 Å². The van der Waals surface area contributed by atoms with Crippen LogP contribution in [0.5, 0.6) is 11.5 Å². The fraction of sp³-hybridized carbons (Fsp3) is 0.406. The molecular formula is C32H32N4O2. The van der Waals surface area contributed by atoms with E-state index in [1.54, 1.807) is 14.2 Å². The summed E-state index contributed by atoms with van der Waals surface area (Å²) in [5.74, 6) is 1.57. The van der Waals surface area contributed by atoms with Gasteiger partial charge in [0, 0.05) is 5.56 Å². The Labute approximate surface area is 224 Å². The highest BCUT2D eigenvalue weighted by Crippen LogP contribution is 2.62. The lowest BCUT2D eigenvalue weighted by Gasteiger charge is -2.47. The number of allylic oxidation sites excluding steroid dienone is 1. The van der Waals surface area contributed by atoms with Gasteiger partial charge in [-0.3, -0.25) is 0 Å². The van der Waals surface area contributed by atoms with Gasteiger partial charge in [-0.15, -0.1) is 0 Å².